The van der Waals surface area contributed by atoms with Gasteiger partial charge in [-0.15, -0.1) is 0 Å². The average Bonchev–Trinajstić information content (AvgIpc) is 2.57. The van der Waals surface area contributed by atoms with Crippen molar-refractivity contribution < 1.29 is 9.53 Å². The van der Waals surface area contributed by atoms with Crippen molar-refractivity contribution in [2.45, 2.75) is 25.4 Å². The average molecular weight is 263 g/mol. The maximum absolute atomic E-state index is 12.0. The van der Waals surface area contributed by atoms with Gasteiger partial charge in [0.25, 0.3) is 0 Å². The van der Waals surface area contributed by atoms with Gasteiger partial charge in [0.2, 0.25) is 5.91 Å². The monoisotopic (exact) mass is 263 g/mol. The van der Waals surface area contributed by atoms with Crippen LogP contribution in [0, 0.1) is 0 Å². The van der Waals surface area contributed by atoms with Crippen LogP contribution < -0.4 is 20.7 Å². The van der Waals surface area contributed by atoms with E-state index in [2.05, 4.69) is 17.1 Å². The van der Waals surface area contributed by atoms with E-state index in [1.807, 2.05) is 24.3 Å². The van der Waals surface area contributed by atoms with Crippen LogP contribution in [0.2, 0.25) is 0 Å². The molecule has 2 atom stereocenters. The first-order valence-electron chi connectivity index (χ1n) is 6.57. The lowest BCUT2D eigenvalue weighted by Crippen LogP contribution is -2.51. The molecule has 1 aromatic carbocycles. The fourth-order valence-electron chi connectivity index (χ4n) is 2.50. The van der Waals surface area contributed by atoms with Crippen molar-refractivity contribution in [1.82, 2.24) is 5.32 Å². The zero-order valence-corrected chi connectivity index (χ0v) is 11.4. The zero-order valence-electron chi connectivity index (χ0n) is 11.4. The number of anilines is 1. The Kier molecular flexibility index (Phi) is 4.27. The molecule has 2 rings (SSSR count). The third kappa shape index (κ3) is 2.81. The number of rotatable bonds is 3. The first-order valence-corrected chi connectivity index (χ1v) is 6.57. The molecule has 1 aliphatic heterocycles. The SMILES string of the molecule is COc1ccc(N2C(C)CCNC(=O)C2CN)cc1. The number of methoxy groups -OCH3 is 1. The van der Waals surface area contributed by atoms with Crippen molar-refractivity contribution in [3.05, 3.63) is 24.3 Å². The predicted octanol–water partition coefficient (Wildman–Crippen LogP) is 0.737. The smallest absolute Gasteiger partial charge is 0.244 e. The lowest BCUT2D eigenvalue weighted by atomic mass is 10.1. The highest BCUT2D eigenvalue weighted by molar-refractivity contribution is 5.86. The maximum atomic E-state index is 12.0. The molecule has 0 saturated carbocycles. The van der Waals surface area contributed by atoms with Gasteiger partial charge >= 0.3 is 0 Å². The van der Waals surface area contributed by atoms with E-state index in [0.29, 0.717) is 13.1 Å². The molecule has 104 valence electrons. The topological polar surface area (TPSA) is 67.6 Å². The number of hydrogen-bond acceptors (Lipinski definition) is 4. The molecule has 1 amide bonds. The van der Waals surface area contributed by atoms with Gasteiger partial charge in [-0.3, -0.25) is 4.79 Å². The molecule has 5 heteroatoms. The van der Waals surface area contributed by atoms with E-state index in [1.165, 1.54) is 0 Å². The zero-order chi connectivity index (χ0) is 13.8. The maximum Gasteiger partial charge on any atom is 0.244 e. The Hall–Kier alpha value is -1.75. The first-order chi connectivity index (χ1) is 9.17. The summed E-state index contributed by atoms with van der Waals surface area (Å²) in [4.78, 5) is 14.1. The largest absolute Gasteiger partial charge is 0.497 e. The van der Waals surface area contributed by atoms with Gasteiger partial charge in [0.1, 0.15) is 11.8 Å². The summed E-state index contributed by atoms with van der Waals surface area (Å²) in [5.74, 6) is 0.808. The Morgan fingerprint density at radius 2 is 2.11 bits per heavy atom. The van der Waals surface area contributed by atoms with Crippen LogP contribution in [0.15, 0.2) is 24.3 Å². The van der Waals surface area contributed by atoms with Gasteiger partial charge in [0.05, 0.1) is 7.11 Å². The summed E-state index contributed by atoms with van der Waals surface area (Å²) in [6, 6.07) is 7.69. The van der Waals surface area contributed by atoms with Crippen LogP contribution in [-0.4, -0.2) is 38.2 Å². The number of ether oxygens (including phenoxy) is 1. The molecule has 2 unspecified atom stereocenters. The molecule has 5 nitrogen and oxygen atoms in total. The van der Waals surface area contributed by atoms with Crippen LogP contribution in [0.4, 0.5) is 5.69 Å². The normalized spacial score (nSPS) is 23.7. The van der Waals surface area contributed by atoms with Gasteiger partial charge in [0.15, 0.2) is 0 Å². The van der Waals surface area contributed by atoms with Gasteiger partial charge in [-0.25, -0.2) is 0 Å². The van der Waals surface area contributed by atoms with E-state index in [9.17, 15) is 4.79 Å². The summed E-state index contributed by atoms with van der Waals surface area (Å²) in [6.45, 7) is 3.12. The second-order valence-corrected chi connectivity index (χ2v) is 4.79. The summed E-state index contributed by atoms with van der Waals surface area (Å²) in [7, 11) is 1.64. The summed E-state index contributed by atoms with van der Waals surface area (Å²) in [5, 5.41) is 2.91. The number of carbonyl (C=O) groups is 1. The van der Waals surface area contributed by atoms with Crippen LogP contribution in [0.3, 0.4) is 0 Å². The highest BCUT2D eigenvalue weighted by Crippen LogP contribution is 2.25. The fraction of sp³-hybridized carbons (Fsp3) is 0.500. The third-order valence-electron chi connectivity index (χ3n) is 3.57. The molecular formula is C14H21N3O2. The summed E-state index contributed by atoms with van der Waals surface area (Å²) >= 11 is 0. The van der Waals surface area contributed by atoms with E-state index in [-0.39, 0.29) is 18.0 Å². The molecule has 1 aromatic rings. The van der Waals surface area contributed by atoms with Gasteiger partial charge in [0, 0.05) is 24.8 Å². The molecule has 1 saturated heterocycles. The lowest BCUT2D eigenvalue weighted by Gasteiger charge is -2.34. The molecule has 0 spiro atoms. The Bertz CT molecular complexity index is 433. The third-order valence-corrected chi connectivity index (χ3v) is 3.57. The van der Waals surface area contributed by atoms with E-state index in [0.717, 1.165) is 17.9 Å². The number of carbonyl (C=O) groups excluding carboxylic acids is 1. The van der Waals surface area contributed by atoms with E-state index in [1.54, 1.807) is 7.11 Å². The van der Waals surface area contributed by atoms with Crippen LogP contribution in [0.25, 0.3) is 0 Å². The molecule has 0 radical (unpaired) electrons. The number of nitrogens with zero attached hydrogens (tertiary/aromatic N) is 1. The molecule has 1 fully saturated rings. The molecular weight excluding hydrogens is 242 g/mol. The second kappa shape index (κ2) is 5.93. The van der Waals surface area contributed by atoms with Crippen molar-refractivity contribution in [2.24, 2.45) is 5.73 Å². The fourth-order valence-corrected chi connectivity index (χ4v) is 2.50. The summed E-state index contributed by atoms with van der Waals surface area (Å²) in [5.41, 5.74) is 6.78. The van der Waals surface area contributed by atoms with Crippen molar-refractivity contribution in [3.8, 4) is 5.75 Å². The Morgan fingerprint density at radius 3 is 2.68 bits per heavy atom. The highest BCUT2D eigenvalue weighted by Gasteiger charge is 2.31. The minimum Gasteiger partial charge on any atom is -0.497 e. The van der Waals surface area contributed by atoms with E-state index < -0.39 is 0 Å². The highest BCUT2D eigenvalue weighted by atomic mass is 16.5. The van der Waals surface area contributed by atoms with Crippen LogP contribution in [0.1, 0.15) is 13.3 Å². The number of amides is 1. The Labute approximate surface area is 113 Å². The Balaban J connectivity index is 2.32. The van der Waals surface area contributed by atoms with E-state index in [4.69, 9.17) is 10.5 Å². The van der Waals surface area contributed by atoms with Crippen molar-refractivity contribution in [2.75, 3.05) is 25.1 Å². The van der Waals surface area contributed by atoms with Crippen molar-refractivity contribution >= 4 is 11.6 Å². The number of nitrogens with two attached hydrogens (primary N) is 1. The molecule has 1 heterocycles. The van der Waals surface area contributed by atoms with E-state index >= 15 is 0 Å². The standard InChI is InChI=1S/C14H21N3O2/c1-10-7-8-16-14(18)13(9-15)17(10)11-3-5-12(19-2)6-4-11/h3-6,10,13H,7-9,15H2,1-2H3,(H,16,18). The minimum absolute atomic E-state index is 0.00247. The van der Waals surface area contributed by atoms with Crippen LogP contribution in [0.5, 0.6) is 5.75 Å². The number of benzene rings is 1. The molecule has 3 N–H and O–H groups in total. The minimum atomic E-state index is -0.314. The lowest BCUT2D eigenvalue weighted by molar-refractivity contribution is -0.121. The predicted molar refractivity (Wildman–Crippen MR) is 75.4 cm³/mol. The van der Waals surface area contributed by atoms with Crippen molar-refractivity contribution in [1.29, 1.82) is 0 Å². The summed E-state index contributed by atoms with van der Waals surface area (Å²) < 4.78 is 5.16. The van der Waals surface area contributed by atoms with Crippen LogP contribution >= 0.6 is 0 Å². The van der Waals surface area contributed by atoms with Gasteiger partial charge in [-0.2, -0.15) is 0 Å². The molecule has 0 aromatic heterocycles. The molecule has 19 heavy (non-hydrogen) atoms. The first kappa shape index (κ1) is 13.7. The van der Waals surface area contributed by atoms with Gasteiger partial charge < -0.3 is 20.7 Å². The van der Waals surface area contributed by atoms with Gasteiger partial charge in [-0.1, -0.05) is 0 Å². The molecule has 1 aliphatic rings. The summed E-state index contributed by atoms with van der Waals surface area (Å²) in [6.07, 6.45) is 0.911. The second-order valence-electron chi connectivity index (χ2n) is 4.79. The number of nitrogens with one attached hydrogen (secondary N) is 1. The van der Waals surface area contributed by atoms with Crippen LogP contribution in [-0.2, 0) is 4.79 Å². The molecule has 0 aliphatic carbocycles. The van der Waals surface area contributed by atoms with Gasteiger partial charge in [-0.05, 0) is 37.6 Å². The quantitative estimate of drug-likeness (QED) is 0.844. The van der Waals surface area contributed by atoms with Crippen molar-refractivity contribution in [3.63, 3.8) is 0 Å². The number of hydrogen-bond donors (Lipinski definition) is 2. The molecule has 0 bridgehead atoms. The Morgan fingerprint density at radius 1 is 1.42 bits per heavy atom.